The SMILES string of the molecule is CSc1cccc(O)c1CC(S)S. The highest BCUT2D eigenvalue weighted by Gasteiger charge is 2.09. The van der Waals surface area contributed by atoms with Gasteiger partial charge in [-0.3, -0.25) is 0 Å². The minimum absolute atomic E-state index is 0.0285. The first-order chi connectivity index (χ1) is 6.15. The van der Waals surface area contributed by atoms with E-state index in [1.165, 1.54) is 0 Å². The summed E-state index contributed by atoms with van der Waals surface area (Å²) < 4.78 is -0.0285. The molecule has 0 spiro atoms. The molecule has 0 amide bonds. The Kier molecular flexibility index (Phi) is 4.35. The van der Waals surface area contributed by atoms with Crippen molar-refractivity contribution in [2.45, 2.75) is 15.9 Å². The van der Waals surface area contributed by atoms with E-state index in [9.17, 15) is 5.11 Å². The lowest BCUT2D eigenvalue weighted by Crippen LogP contribution is -1.96. The van der Waals surface area contributed by atoms with E-state index in [2.05, 4.69) is 25.3 Å². The molecular formula is C9H12OS3. The summed E-state index contributed by atoms with van der Waals surface area (Å²) in [6, 6.07) is 5.53. The van der Waals surface area contributed by atoms with E-state index < -0.39 is 0 Å². The third kappa shape index (κ3) is 3.04. The zero-order chi connectivity index (χ0) is 9.84. The maximum Gasteiger partial charge on any atom is 0.119 e. The van der Waals surface area contributed by atoms with Crippen LogP contribution in [-0.4, -0.2) is 15.9 Å². The molecule has 0 aliphatic carbocycles. The summed E-state index contributed by atoms with van der Waals surface area (Å²) in [7, 11) is 0. The standard InChI is InChI=1S/C9H12OS3/c1-13-8-4-2-3-7(10)6(8)5-9(11)12/h2-4,9-12H,5H2,1H3. The average molecular weight is 232 g/mol. The zero-order valence-electron chi connectivity index (χ0n) is 7.27. The monoisotopic (exact) mass is 232 g/mol. The van der Waals surface area contributed by atoms with Gasteiger partial charge in [0, 0.05) is 15.0 Å². The molecule has 1 N–H and O–H groups in total. The fourth-order valence-corrected chi connectivity index (χ4v) is 2.15. The third-order valence-electron chi connectivity index (χ3n) is 1.71. The number of thiol groups is 2. The van der Waals surface area contributed by atoms with Crippen LogP contribution in [0.5, 0.6) is 5.75 Å². The Morgan fingerprint density at radius 2 is 2.15 bits per heavy atom. The second-order valence-electron chi connectivity index (χ2n) is 2.64. The molecule has 0 fully saturated rings. The van der Waals surface area contributed by atoms with Gasteiger partial charge in [-0.15, -0.1) is 11.8 Å². The van der Waals surface area contributed by atoms with Crippen molar-refractivity contribution in [1.82, 2.24) is 0 Å². The van der Waals surface area contributed by atoms with Crippen molar-refractivity contribution in [3.05, 3.63) is 23.8 Å². The molecule has 0 aliphatic heterocycles. The predicted molar refractivity (Wildman–Crippen MR) is 65.4 cm³/mol. The van der Waals surface area contributed by atoms with Gasteiger partial charge in [0.05, 0.1) is 0 Å². The van der Waals surface area contributed by atoms with Gasteiger partial charge in [0.1, 0.15) is 5.75 Å². The van der Waals surface area contributed by atoms with Crippen LogP contribution in [-0.2, 0) is 6.42 Å². The summed E-state index contributed by atoms with van der Waals surface area (Å²) in [6.45, 7) is 0. The average Bonchev–Trinajstić information content (AvgIpc) is 2.08. The molecule has 13 heavy (non-hydrogen) atoms. The first-order valence-electron chi connectivity index (χ1n) is 3.86. The highest BCUT2D eigenvalue weighted by Crippen LogP contribution is 2.30. The van der Waals surface area contributed by atoms with Crippen molar-refractivity contribution in [2.24, 2.45) is 0 Å². The molecule has 0 aliphatic rings. The van der Waals surface area contributed by atoms with Gasteiger partial charge in [-0.05, 0) is 24.8 Å². The fourth-order valence-electron chi connectivity index (χ4n) is 1.13. The molecule has 0 aromatic heterocycles. The van der Waals surface area contributed by atoms with Gasteiger partial charge in [-0.1, -0.05) is 6.07 Å². The van der Waals surface area contributed by atoms with Crippen molar-refractivity contribution >= 4 is 37.0 Å². The number of hydrogen-bond donors (Lipinski definition) is 3. The van der Waals surface area contributed by atoms with Gasteiger partial charge in [-0.2, -0.15) is 25.3 Å². The van der Waals surface area contributed by atoms with Crippen LogP contribution in [0.4, 0.5) is 0 Å². The van der Waals surface area contributed by atoms with Gasteiger partial charge in [0.25, 0.3) is 0 Å². The summed E-state index contributed by atoms with van der Waals surface area (Å²) in [5.74, 6) is 0.333. The Hall–Kier alpha value is 0.0700. The van der Waals surface area contributed by atoms with Gasteiger partial charge >= 0.3 is 0 Å². The molecule has 1 nitrogen and oxygen atoms in total. The lowest BCUT2D eigenvalue weighted by atomic mass is 10.1. The number of rotatable bonds is 3. The summed E-state index contributed by atoms with van der Waals surface area (Å²) >= 11 is 10.00. The summed E-state index contributed by atoms with van der Waals surface area (Å²) in [6.07, 6.45) is 2.67. The molecule has 1 aromatic rings. The topological polar surface area (TPSA) is 20.2 Å². The quantitative estimate of drug-likeness (QED) is 0.423. The van der Waals surface area contributed by atoms with Crippen LogP contribution in [0.2, 0.25) is 0 Å². The highest BCUT2D eigenvalue weighted by atomic mass is 32.2. The Labute approximate surface area is 93.8 Å². The van der Waals surface area contributed by atoms with E-state index in [1.807, 2.05) is 18.4 Å². The Morgan fingerprint density at radius 1 is 1.46 bits per heavy atom. The number of phenols is 1. The summed E-state index contributed by atoms with van der Waals surface area (Å²) in [5, 5.41) is 9.59. The highest BCUT2D eigenvalue weighted by molar-refractivity contribution is 7.99. The zero-order valence-corrected chi connectivity index (χ0v) is 9.87. The first kappa shape index (κ1) is 11.1. The van der Waals surface area contributed by atoms with Crippen LogP contribution in [0.25, 0.3) is 0 Å². The van der Waals surface area contributed by atoms with E-state index in [0.717, 1.165) is 10.5 Å². The maximum atomic E-state index is 9.59. The Balaban J connectivity index is 3.00. The third-order valence-corrected chi connectivity index (χ3v) is 2.90. The molecule has 0 heterocycles. The van der Waals surface area contributed by atoms with Crippen LogP contribution >= 0.6 is 37.0 Å². The van der Waals surface area contributed by atoms with E-state index in [0.29, 0.717) is 12.2 Å². The van der Waals surface area contributed by atoms with Crippen molar-refractivity contribution in [3.63, 3.8) is 0 Å². The molecule has 0 bridgehead atoms. The molecule has 0 atom stereocenters. The molecule has 0 saturated heterocycles. The van der Waals surface area contributed by atoms with Crippen molar-refractivity contribution in [1.29, 1.82) is 0 Å². The number of hydrogen-bond acceptors (Lipinski definition) is 4. The predicted octanol–water partition coefficient (Wildman–Crippen LogP) is 2.84. The molecular weight excluding hydrogens is 220 g/mol. The maximum absolute atomic E-state index is 9.59. The minimum Gasteiger partial charge on any atom is -0.508 e. The van der Waals surface area contributed by atoms with Crippen molar-refractivity contribution in [2.75, 3.05) is 6.26 Å². The van der Waals surface area contributed by atoms with Crippen LogP contribution in [0, 0.1) is 0 Å². The van der Waals surface area contributed by atoms with E-state index in [4.69, 9.17) is 0 Å². The second-order valence-corrected chi connectivity index (χ2v) is 5.14. The minimum atomic E-state index is -0.0285. The molecule has 0 saturated carbocycles. The van der Waals surface area contributed by atoms with Gasteiger partial charge < -0.3 is 5.11 Å². The fraction of sp³-hybridized carbons (Fsp3) is 0.333. The van der Waals surface area contributed by atoms with Crippen LogP contribution in [0.1, 0.15) is 5.56 Å². The summed E-state index contributed by atoms with van der Waals surface area (Å²) in [5.41, 5.74) is 0.935. The summed E-state index contributed by atoms with van der Waals surface area (Å²) in [4.78, 5) is 1.09. The van der Waals surface area contributed by atoms with Crippen molar-refractivity contribution < 1.29 is 5.11 Å². The number of benzene rings is 1. The van der Waals surface area contributed by atoms with E-state index in [-0.39, 0.29) is 4.58 Å². The van der Waals surface area contributed by atoms with Crippen molar-refractivity contribution in [3.8, 4) is 5.75 Å². The largest absolute Gasteiger partial charge is 0.508 e. The lowest BCUT2D eigenvalue weighted by Gasteiger charge is -2.10. The molecule has 1 aromatic carbocycles. The van der Waals surface area contributed by atoms with E-state index in [1.54, 1.807) is 17.8 Å². The van der Waals surface area contributed by atoms with Crippen LogP contribution in [0.3, 0.4) is 0 Å². The Morgan fingerprint density at radius 3 is 2.69 bits per heavy atom. The second kappa shape index (κ2) is 5.08. The normalized spacial score (nSPS) is 10.8. The van der Waals surface area contributed by atoms with Gasteiger partial charge in [0.15, 0.2) is 0 Å². The Bertz CT molecular complexity index is 286. The van der Waals surface area contributed by atoms with E-state index >= 15 is 0 Å². The van der Waals surface area contributed by atoms with Crippen LogP contribution < -0.4 is 0 Å². The molecule has 0 unspecified atom stereocenters. The molecule has 4 heteroatoms. The smallest absolute Gasteiger partial charge is 0.119 e. The first-order valence-corrected chi connectivity index (χ1v) is 6.12. The number of aromatic hydroxyl groups is 1. The molecule has 72 valence electrons. The molecule has 1 rings (SSSR count). The molecule has 0 radical (unpaired) electrons. The van der Waals surface area contributed by atoms with Gasteiger partial charge in [0.2, 0.25) is 0 Å². The lowest BCUT2D eigenvalue weighted by molar-refractivity contribution is 0.466. The number of thioether (sulfide) groups is 1. The number of phenolic OH excluding ortho intramolecular Hbond substituents is 1. The van der Waals surface area contributed by atoms with Gasteiger partial charge in [-0.25, -0.2) is 0 Å². The van der Waals surface area contributed by atoms with Crippen LogP contribution in [0.15, 0.2) is 23.1 Å².